The monoisotopic (exact) mass is 532 g/mol. The van der Waals surface area contributed by atoms with E-state index < -0.39 is 0 Å². The predicted molar refractivity (Wildman–Crippen MR) is 153 cm³/mol. The van der Waals surface area contributed by atoms with Gasteiger partial charge in [-0.15, -0.1) is 11.3 Å². The molecule has 1 fully saturated rings. The average Bonchev–Trinajstić information content (AvgIpc) is 3.63. The minimum Gasteiger partial charge on any atom is -0.393 e. The molecule has 0 aliphatic carbocycles. The van der Waals surface area contributed by atoms with Gasteiger partial charge in [0.15, 0.2) is 11.4 Å². The van der Waals surface area contributed by atoms with Gasteiger partial charge < -0.3 is 14.9 Å². The summed E-state index contributed by atoms with van der Waals surface area (Å²) in [6, 6.07) is 10.2. The normalized spacial score (nSPS) is 15.4. The first-order valence-electron chi connectivity index (χ1n) is 13.6. The summed E-state index contributed by atoms with van der Waals surface area (Å²) in [5, 5.41) is 16.6. The molecule has 0 spiro atoms. The molecule has 5 heterocycles. The van der Waals surface area contributed by atoms with Gasteiger partial charge in [-0.25, -0.2) is 14.5 Å². The molecule has 1 saturated heterocycles. The number of anilines is 1. The number of hydrogen-bond donors (Lipinski definition) is 1. The van der Waals surface area contributed by atoms with Gasteiger partial charge in [0.2, 0.25) is 0 Å². The lowest BCUT2D eigenvalue weighted by Gasteiger charge is -2.31. The first kappa shape index (κ1) is 26.5. The Balaban J connectivity index is 1.50. The quantitative estimate of drug-likeness (QED) is 0.282. The molecule has 8 nitrogen and oxygen atoms in total. The Morgan fingerprint density at radius 2 is 1.95 bits per heavy atom. The van der Waals surface area contributed by atoms with Gasteiger partial charge in [0.05, 0.1) is 34.1 Å². The lowest BCUT2D eigenvalue weighted by Crippen LogP contribution is -2.36. The number of thiophene rings is 1. The highest BCUT2D eigenvalue weighted by atomic mass is 32.1. The second kappa shape index (κ2) is 11.7. The molecular formula is C29H36N6O2S. The van der Waals surface area contributed by atoms with Crippen LogP contribution in [0.5, 0.6) is 0 Å². The van der Waals surface area contributed by atoms with E-state index >= 15 is 0 Å². The van der Waals surface area contributed by atoms with Crippen molar-refractivity contribution in [3.63, 3.8) is 0 Å². The molecule has 38 heavy (non-hydrogen) atoms. The third kappa shape index (κ3) is 5.65. The van der Waals surface area contributed by atoms with Crippen molar-refractivity contribution in [2.45, 2.75) is 58.6 Å². The number of rotatable bonds is 10. The summed E-state index contributed by atoms with van der Waals surface area (Å²) in [6.07, 6.45) is 6.09. The summed E-state index contributed by atoms with van der Waals surface area (Å²) in [4.78, 5) is 29.0. The fraction of sp³-hybridized carbons (Fsp3) is 0.448. The zero-order valence-corrected chi connectivity index (χ0v) is 23.2. The van der Waals surface area contributed by atoms with E-state index in [1.54, 1.807) is 22.0 Å². The second-order valence-electron chi connectivity index (χ2n) is 9.97. The molecule has 0 bridgehead atoms. The first-order valence-corrected chi connectivity index (χ1v) is 14.5. The summed E-state index contributed by atoms with van der Waals surface area (Å²) in [7, 11) is 0. The number of pyridine rings is 1. The lowest BCUT2D eigenvalue weighted by atomic mass is 10.0. The molecule has 0 aromatic carbocycles. The number of carbonyl (C=O) groups is 1. The standard InChI is InChI=1S/C29H36N6O2S/c1-4-33(5-2)20(3)8-9-26(37)21-17-25(31-28(18-21)34-13-10-22(36)11-14-34)23-19-30-35-15-12-24(32-29(23)35)27-7-6-16-38-27/h6-7,12,15-20,22,36H,4-5,8-11,13-14H2,1-3H3/t20-/m0/s1. The molecule has 0 saturated carbocycles. The number of carbonyl (C=O) groups excluding carboxylic acids is 1. The smallest absolute Gasteiger partial charge is 0.165 e. The van der Waals surface area contributed by atoms with Crippen LogP contribution in [-0.4, -0.2) is 73.7 Å². The molecule has 0 unspecified atom stereocenters. The van der Waals surface area contributed by atoms with Crippen LogP contribution in [0.15, 0.2) is 48.1 Å². The molecule has 1 atom stereocenters. The van der Waals surface area contributed by atoms with Crippen molar-refractivity contribution in [1.82, 2.24) is 24.5 Å². The Hall–Kier alpha value is -3.14. The molecule has 5 rings (SSSR count). The summed E-state index contributed by atoms with van der Waals surface area (Å²) >= 11 is 1.65. The Morgan fingerprint density at radius 3 is 2.66 bits per heavy atom. The maximum absolute atomic E-state index is 13.5. The topological polar surface area (TPSA) is 86.9 Å². The molecule has 0 radical (unpaired) electrons. The lowest BCUT2D eigenvalue weighted by molar-refractivity contribution is 0.0964. The van der Waals surface area contributed by atoms with E-state index in [2.05, 4.69) is 41.7 Å². The Kier molecular flexibility index (Phi) is 8.16. The zero-order valence-electron chi connectivity index (χ0n) is 22.4. The van der Waals surface area contributed by atoms with Gasteiger partial charge in [0, 0.05) is 37.3 Å². The molecule has 4 aromatic heterocycles. The predicted octanol–water partition coefficient (Wildman–Crippen LogP) is 5.17. The summed E-state index contributed by atoms with van der Waals surface area (Å²) in [6.45, 7) is 9.88. The maximum Gasteiger partial charge on any atom is 0.165 e. The number of Topliss-reactive ketones (excluding diaryl/α,β-unsaturated/α-hetero) is 1. The molecule has 1 aliphatic heterocycles. The van der Waals surface area contributed by atoms with Gasteiger partial charge in [-0.1, -0.05) is 19.9 Å². The highest BCUT2D eigenvalue weighted by Gasteiger charge is 2.22. The van der Waals surface area contributed by atoms with Crippen molar-refractivity contribution in [2.75, 3.05) is 31.1 Å². The van der Waals surface area contributed by atoms with Crippen LogP contribution in [0, 0.1) is 0 Å². The Bertz CT molecular complexity index is 1370. The fourth-order valence-corrected chi connectivity index (χ4v) is 5.89. The van der Waals surface area contributed by atoms with Crippen LogP contribution in [0.25, 0.3) is 27.5 Å². The molecule has 1 N–H and O–H groups in total. The van der Waals surface area contributed by atoms with Crippen LogP contribution in [0.3, 0.4) is 0 Å². The maximum atomic E-state index is 13.5. The van der Waals surface area contributed by atoms with Gasteiger partial charge in [-0.05, 0) is 68.9 Å². The number of nitrogens with zero attached hydrogens (tertiary/aromatic N) is 6. The Morgan fingerprint density at radius 1 is 1.16 bits per heavy atom. The fourth-order valence-electron chi connectivity index (χ4n) is 5.20. The highest BCUT2D eigenvalue weighted by molar-refractivity contribution is 7.13. The van der Waals surface area contributed by atoms with E-state index in [0.717, 1.165) is 41.5 Å². The number of aliphatic hydroxyl groups is 1. The SMILES string of the molecule is CCN(CC)[C@@H](C)CCC(=O)c1cc(-c2cnn3ccc(-c4cccs4)nc23)nc(N2CCC(O)CC2)c1. The van der Waals surface area contributed by atoms with Crippen LogP contribution in [0.2, 0.25) is 0 Å². The number of fused-ring (bicyclic) bond motifs is 1. The average molecular weight is 533 g/mol. The molecule has 9 heteroatoms. The molecule has 0 amide bonds. The van der Waals surface area contributed by atoms with Crippen molar-refractivity contribution in [1.29, 1.82) is 0 Å². The largest absolute Gasteiger partial charge is 0.393 e. The van der Waals surface area contributed by atoms with E-state index in [9.17, 15) is 9.90 Å². The molecule has 1 aliphatic rings. The third-order valence-corrected chi connectivity index (χ3v) is 8.46. The number of piperidine rings is 1. The van der Waals surface area contributed by atoms with E-state index in [1.807, 2.05) is 35.8 Å². The van der Waals surface area contributed by atoms with E-state index in [4.69, 9.17) is 9.97 Å². The van der Waals surface area contributed by atoms with Gasteiger partial charge >= 0.3 is 0 Å². The van der Waals surface area contributed by atoms with E-state index in [-0.39, 0.29) is 11.9 Å². The third-order valence-electron chi connectivity index (χ3n) is 7.57. The summed E-state index contributed by atoms with van der Waals surface area (Å²) < 4.78 is 1.76. The number of ketones is 1. The first-order chi connectivity index (χ1) is 18.5. The Labute approximate surface area is 228 Å². The second-order valence-corrected chi connectivity index (χ2v) is 10.9. The van der Waals surface area contributed by atoms with Gasteiger partial charge in [0.1, 0.15) is 5.82 Å². The van der Waals surface area contributed by atoms with Gasteiger partial charge in [-0.3, -0.25) is 4.79 Å². The van der Waals surface area contributed by atoms with Gasteiger partial charge in [0.25, 0.3) is 0 Å². The number of aromatic nitrogens is 4. The van der Waals surface area contributed by atoms with Crippen LogP contribution in [0.1, 0.15) is 56.8 Å². The highest BCUT2D eigenvalue weighted by Crippen LogP contribution is 2.30. The van der Waals surface area contributed by atoms with E-state index in [0.29, 0.717) is 55.3 Å². The minimum absolute atomic E-state index is 0.120. The van der Waals surface area contributed by atoms with Crippen LogP contribution >= 0.6 is 11.3 Å². The van der Waals surface area contributed by atoms with Crippen molar-refractivity contribution in [3.05, 3.63) is 53.7 Å². The number of aliphatic hydroxyl groups excluding tert-OH is 1. The summed E-state index contributed by atoms with van der Waals surface area (Å²) in [5.74, 6) is 0.887. The van der Waals surface area contributed by atoms with Gasteiger partial charge in [-0.2, -0.15) is 5.10 Å². The molecule has 4 aromatic rings. The summed E-state index contributed by atoms with van der Waals surface area (Å²) in [5.41, 5.74) is 3.75. The molecular weight excluding hydrogens is 496 g/mol. The van der Waals surface area contributed by atoms with Crippen LogP contribution in [0.4, 0.5) is 5.82 Å². The van der Waals surface area contributed by atoms with Crippen molar-refractivity contribution in [2.24, 2.45) is 0 Å². The zero-order chi connectivity index (χ0) is 26.6. The van der Waals surface area contributed by atoms with Crippen molar-refractivity contribution >= 4 is 28.6 Å². The van der Waals surface area contributed by atoms with E-state index in [1.165, 1.54) is 0 Å². The van der Waals surface area contributed by atoms with Crippen LogP contribution < -0.4 is 4.90 Å². The van der Waals surface area contributed by atoms with Crippen LogP contribution in [-0.2, 0) is 0 Å². The van der Waals surface area contributed by atoms with Crippen molar-refractivity contribution < 1.29 is 9.90 Å². The van der Waals surface area contributed by atoms with Crippen molar-refractivity contribution in [3.8, 4) is 21.8 Å². The molecule has 200 valence electrons. The number of hydrogen-bond acceptors (Lipinski definition) is 8. The minimum atomic E-state index is -0.281.